The third-order valence-corrected chi connectivity index (χ3v) is 3.73. The number of hydrogen-bond donors (Lipinski definition) is 1. The van der Waals surface area contributed by atoms with Gasteiger partial charge in [-0.2, -0.15) is 0 Å². The maximum Gasteiger partial charge on any atom is 0.325 e. The van der Waals surface area contributed by atoms with Gasteiger partial charge < -0.3 is 15.0 Å². The molecule has 0 spiro atoms. The minimum atomic E-state index is -0.314. The van der Waals surface area contributed by atoms with Crippen molar-refractivity contribution in [2.24, 2.45) is 11.8 Å². The predicted molar refractivity (Wildman–Crippen MR) is 82.9 cm³/mol. The Hall–Kier alpha value is -1.10. The van der Waals surface area contributed by atoms with Crippen molar-refractivity contribution in [2.45, 2.75) is 46.5 Å². The summed E-state index contributed by atoms with van der Waals surface area (Å²) in [4.78, 5) is 25.6. The minimum Gasteiger partial charge on any atom is -0.465 e. The van der Waals surface area contributed by atoms with Gasteiger partial charge in [-0.3, -0.25) is 9.59 Å². The molecule has 1 heterocycles. The van der Waals surface area contributed by atoms with Crippen LogP contribution in [0.5, 0.6) is 0 Å². The van der Waals surface area contributed by atoms with Gasteiger partial charge in [0, 0.05) is 13.0 Å². The second-order valence-corrected chi connectivity index (χ2v) is 6.22. The SMILES string of the molecule is CCOC(=O)CN(CC(C)C)C(=O)CCC1CCCNC1. The molecule has 0 aromatic carbocycles. The lowest BCUT2D eigenvalue weighted by molar-refractivity contribution is -0.149. The van der Waals surface area contributed by atoms with E-state index < -0.39 is 0 Å². The zero-order chi connectivity index (χ0) is 15.7. The van der Waals surface area contributed by atoms with E-state index in [0.717, 1.165) is 19.5 Å². The van der Waals surface area contributed by atoms with Crippen molar-refractivity contribution in [2.75, 3.05) is 32.8 Å². The summed E-state index contributed by atoms with van der Waals surface area (Å²) >= 11 is 0. The second kappa shape index (κ2) is 9.77. The molecule has 1 aliphatic heterocycles. The molecular formula is C16H30N2O3. The molecule has 0 aromatic heterocycles. The van der Waals surface area contributed by atoms with Crippen LogP contribution in [0.2, 0.25) is 0 Å². The van der Waals surface area contributed by atoms with Gasteiger partial charge in [0.25, 0.3) is 0 Å². The molecule has 1 unspecified atom stereocenters. The zero-order valence-electron chi connectivity index (χ0n) is 13.7. The highest BCUT2D eigenvalue weighted by Crippen LogP contribution is 2.17. The average molecular weight is 298 g/mol. The summed E-state index contributed by atoms with van der Waals surface area (Å²) in [5, 5.41) is 3.37. The van der Waals surface area contributed by atoms with Crippen LogP contribution in [0.1, 0.15) is 46.5 Å². The number of piperidine rings is 1. The first-order valence-corrected chi connectivity index (χ1v) is 8.17. The van der Waals surface area contributed by atoms with Gasteiger partial charge in [0.1, 0.15) is 6.54 Å². The lowest BCUT2D eigenvalue weighted by Gasteiger charge is -2.26. The number of hydrogen-bond acceptors (Lipinski definition) is 4. The van der Waals surface area contributed by atoms with Gasteiger partial charge >= 0.3 is 5.97 Å². The van der Waals surface area contributed by atoms with Crippen molar-refractivity contribution < 1.29 is 14.3 Å². The highest BCUT2D eigenvalue weighted by Gasteiger charge is 2.21. The molecule has 0 bridgehead atoms. The number of carbonyl (C=O) groups excluding carboxylic acids is 2. The quantitative estimate of drug-likeness (QED) is 0.694. The summed E-state index contributed by atoms with van der Waals surface area (Å²) in [5.41, 5.74) is 0. The Morgan fingerprint density at radius 2 is 2.14 bits per heavy atom. The highest BCUT2D eigenvalue weighted by molar-refractivity contribution is 5.82. The number of esters is 1. The first kappa shape index (κ1) is 18.0. The van der Waals surface area contributed by atoms with E-state index in [-0.39, 0.29) is 18.4 Å². The number of nitrogens with one attached hydrogen (secondary N) is 1. The fourth-order valence-electron chi connectivity index (χ4n) is 2.71. The molecule has 0 aromatic rings. The highest BCUT2D eigenvalue weighted by atomic mass is 16.5. The Morgan fingerprint density at radius 3 is 2.71 bits per heavy atom. The number of rotatable bonds is 8. The molecule has 1 rings (SSSR count). The summed E-state index contributed by atoms with van der Waals surface area (Å²) < 4.78 is 4.96. The second-order valence-electron chi connectivity index (χ2n) is 6.22. The number of carbonyl (C=O) groups is 2. The van der Waals surface area contributed by atoms with Crippen LogP contribution in [0.4, 0.5) is 0 Å². The summed E-state index contributed by atoms with van der Waals surface area (Å²) in [6, 6.07) is 0. The van der Waals surface area contributed by atoms with Gasteiger partial charge in [-0.15, -0.1) is 0 Å². The fourth-order valence-corrected chi connectivity index (χ4v) is 2.71. The summed E-state index contributed by atoms with van der Waals surface area (Å²) in [5.74, 6) is 0.694. The smallest absolute Gasteiger partial charge is 0.325 e. The van der Waals surface area contributed by atoms with Crippen LogP contribution in [0.3, 0.4) is 0 Å². The van der Waals surface area contributed by atoms with E-state index in [1.54, 1.807) is 11.8 Å². The molecule has 0 aliphatic carbocycles. The van der Waals surface area contributed by atoms with E-state index in [2.05, 4.69) is 19.2 Å². The van der Waals surface area contributed by atoms with Crippen molar-refractivity contribution in [1.29, 1.82) is 0 Å². The fraction of sp³-hybridized carbons (Fsp3) is 0.875. The summed E-state index contributed by atoms with van der Waals surface area (Å²) in [6.45, 7) is 9.03. The maximum absolute atomic E-state index is 12.4. The topological polar surface area (TPSA) is 58.6 Å². The molecule has 21 heavy (non-hydrogen) atoms. The normalized spacial score (nSPS) is 18.6. The average Bonchev–Trinajstić information content (AvgIpc) is 2.45. The monoisotopic (exact) mass is 298 g/mol. The first-order chi connectivity index (χ1) is 10.0. The van der Waals surface area contributed by atoms with E-state index in [1.165, 1.54) is 12.8 Å². The Labute approximate surface area is 128 Å². The van der Waals surface area contributed by atoms with Crippen LogP contribution >= 0.6 is 0 Å². The first-order valence-electron chi connectivity index (χ1n) is 8.17. The van der Waals surface area contributed by atoms with Crippen molar-refractivity contribution in [3.05, 3.63) is 0 Å². The molecule has 5 nitrogen and oxygen atoms in total. The Bertz CT molecular complexity index is 325. The molecule has 1 amide bonds. The van der Waals surface area contributed by atoms with Gasteiger partial charge in [-0.25, -0.2) is 0 Å². The third-order valence-electron chi connectivity index (χ3n) is 3.73. The van der Waals surface area contributed by atoms with Crippen LogP contribution in [0.25, 0.3) is 0 Å². The molecule has 1 N–H and O–H groups in total. The lowest BCUT2D eigenvalue weighted by Crippen LogP contribution is -2.39. The van der Waals surface area contributed by atoms with Gasteiger partial charge in [0.15, 0.2) is 0 Å². The van der Waals surface area contributed by atoms with E-state index >= 15 is 0 Å². The maximum atomic E-state index is 12.4. The molecule has 1 aliphatic rings. The predicted octanol–water partition coefficient (Wildman–Crippen LogP) is 1.81. The van der Waals surface area contributed by atoms with Crippen molar-refractivity contribution in [1.82, 2.24) is 10.2 Å². The molecule has 0 radical (unpaired) electrons. The van der Waals surface area contributed by atoms with Crippen molar-refractivity contribution in [3.8, 4) is 0 Å². The van der Waals surface area contributed by atoms with Gasteiger partial charge in [0.2, 0.25) is 5.91 Å². The van der Waals surface area contributed by atoms with Crippen LogP contribution in [-0.2, 0) is 14.3 Å². The van der Waals surface area contributed by atoms with E-state index in [1.807, 2.05) is 0 Å². The Balaban J connectivity index is 2.43. The number of amides is 1. The van der Waals surface area contributed by atoms with Crippen LogP contribution in [0.15, 0.2) is 0 Å². The van der Waals surface area contributed by atoms with Crippen molar-refractivity contribution in [3.63, 3.8) is 0 Å². The molecule has 1 atom stereocenters. The molecular weight excluding hydrogens is 268 g/mol. The molecule has 1 fully saturated rings. The van der Waals surface area contributed by atoms with Crippen molar-refractivity contribution >= 4 is 11.9 Å². The van der Waals surface area contributed by atoms with Crippen LogP contribution in [0, 0.1) is 11.8 Å². The van der Waals surface area contributed by atoms with E-state index in [9.17, 15) is 9.59 Å². The lowest BCUT2D eigenvalue weighted by atomic mass is 9.94. The molecule has 0 saturated carbocycles. The van der Waals surface area contributed by atoms with Gasteiger partial charge in [-0.1, -0.05) is 13.8 Å². The molecule has 5 heteroatoms. The zero-order valence-corrected chi connectivity index (χ0v) is 13.7. The van der Waals surface area contributed by atoms with Crippen LogP contribution in [-0.4, -0.2) is 49.6 Å². The molecule has 1 saturated heterocycles. The minimum absolute atomic E-state index is 0.0716. The van der Waals surface area contributed by atoms with Gasteiger partial charge in [-0.05, 0) is 51.1 Å². The van der Waals surface area contributed by atoms with E-state index in [0.29, 0.717) is 31.4 Å². The standard InChI is InChI=1S/C16H30N2O3/c1-4-21-16(20)12-18(11-13(2)3)15(19)8-7-14-6-5-9-17-10-14/h13-14,17H,4-12H2,1-3H3. The number of ether oxygens (including phenoxy) is 1. The van der Waals surface area contributed by atoms with E-state index in [4.69, 9.17) is 4.74 Å². The largest absolute Gasteiger partial charge is 0.465 e. The molecule has 122 valence electrons. The number of nitrogens with zero attached hydrogens (tertiary/aromatic N) is 1. The van der Waals surface area contributed by atoms with Crippen LogP contribution < -0.4 is 5.32 Å². The summed E-state index contributed by atoms with van der Waals surface area (Å²) in [6.07, 6.45) is 3.82. The van der Waals surface area contributed by atoms with Gasteiger partial charge in [0.05, 0.1) is 6.61 Å². The Morgan fingerprint density at radius 1 is 1.38 bits per heavy atom. The third kappa shape index (κ3) is 7.46. The summed E-state index contributed by atoms with van der Waals surface area (Å²) in [7, 11) is 0. The Kier molecular flexibility index (Phi) is 8.35.